The molecule has 0 aromatic carbocycles. The summed E-state index contributed by atoms with van der Waals surface area (Å²) in [5.74, 6) is -0.519. The van der Waals surface area contributed by atoms with Gasteiger partial charge in [0.05, 0.1) is 18.3 Å². The van der Waals surface area contributed by atoms with Gasteiger partial charge in [-0.15, -0.1) is 11.3 Å². The monoisotopic (exact) mass is 407 g/mol. The molecule has 1 heterocycles. The average molecular weight is 408 g/mol. The summed E-state index contributed by atoms with van der Waals surface area (Å²) >= 11 is 1.71. The van der Waals surface area contributed by atoms with Crippen molar-refractivity contribution in [3.63, 3.8) is 0 Å². The Morgan fingerprint density at radius 1 is 1.36 bits per heavy atom. The van der Waals surface area contributed by atoms with Crippen LogP contribution < -0.4 is 5.73 Å². The molecule has 0 saturated heterocycles. The van der Waals surface area contributed by atoms with Gasteiger partial charge >= 0.3 is 0 Å². The van der Waals surface area contributed by atoms with Crippen molar-refractivity contribution in [1.82, 2.24) is 0 Å². The number of hydrogen-bond donors (Lipinski definition) is 4. The lowest BCUT2D eigenvalue weighted by Gasteiger charge is -2.19. The van der Waals surface area contributed by atoms with E-state index in [0.717, 1.165) is 19.3 Å². The maximum atomic E-state index is 10.7. The normalized spacial score (nSPS) is 26.4. The van der Waals surface area contributed by atoms with Gasteiger partial charge in [0, 0.05) is 23.6 Å². The summed E-state index contributed by atoms with van der Waals surface area (Å²) in [4.78, 5) is 12.0. The Morgan fingerprint density at radius 2 is 2.14 bits per heavy atom. The fourth-order valence-corrected chi connectivity index (χ4v) is 4.69. The van der Waals surface area contributed by atoms with Gasteiger partial charge in [0.15, 0.2) is 0 Å². The highest BCUT2D eigenvalue weighted by Crippen LogP contribution is 2.36. The predicted molar refractivity (Wildman–Crippen MR) is 113 cm³/mol. The van der Waals surface area contributed by atoms with Crippen LogP contribution in [0.5, 0.6) is 0 Å². The number of allylic oxidation sites excluding steroid dienone is 2. The first-order valence-corrected chi connectivity index (χ1v) is 10.9. The van der Waals surface area contributed by atoms with Crippen LogP contribution in [0.25, 0.3) is 0 Å². The SMILES string of the molecule is Cc1ccsc1CCC(O)C=C[C@H]1C(O)CC(O)[C@@H]1CC=CCCCC(N)=O. The molecular formula is C22H33NO4S. The van der Waals surface area contributed by atoms with Gasteiger partial charge < -0.3 is 21.1 Å². The maximum Gasteiger partial charge on any atom is 0.217 e. The Labute approximate surface area is 171 Å². The van der Waals surface area contributed by atoms with Crippen molar-refractivity contribution in [3.8, 4) is 0 Å². The minimum absolute atomic E-state index is 0.0645. The van der Waals surface area contributed by atoms with Gasteiger partial charge in [0.2, 0.25) is 5.91 Å². The lowest BCUT2D eigenvalue weighted by Crippen LogP contribution is -2.20. The molecule has 156 valence electrons. The van der Waals surface area contributed by atoms with Crippen molar-refractivity contribution in [1.29, 1.82) is 0 Å². The number of unbranched alkanes of at least 4 members (excludes halogenated alkanes) is 1. The minimum Gasteiger partial charge on any atom is -0.393 e. The number of carbonyl (C=O) groups excluding carboxylic acids is 1. The highest BCUT2D eigenvalue weighted by molar-refractivity contribution is 7.10. The number of aliphatic hydroxyl groups is 3. The summed E-state index contributed by atoms with van der Waals surface area (Å²) in [5.41, 5.74) is 6.38. The molecular weight excluding hydrogens is 374 g/mol. The molecule has 2 rings (SSSR count). The molecule has 5 N–H and O–H groups in total. The van der Waals surface area contributed by atoms with Gasteiger partial charge in [0.1, 0.15) is 0 Å². The first kappa shape index (κ1) is 22.8. The van der Waals surface area contributed by atoms with Crippen molar-refractivity contribution < 1.29 is 20.1 Å². The van der Waals surface area contributed by atoms with E-state index in [4.69, 9.17) is 5.73 Å². The average Bonchev–Trinajstić information content (AvgIpc) is 3.16. The molecule has 6 heteroatoms. The van der Waals surface area contributed by atoms with Crippen molar-refractivity contribution in [2.24, 2.45) is 17.6 Å². The van der Waals surface area contributed by atoms with Crippen molar-refractivity contribution in [2.75, 3.05) is 0 Å². The Morgan fingerprint density at radius 3 is 2.82 bits per heavy atom. The molecule has 0 radical (unpaired) electrons. The standard InChI is InChI=1S/C22H33NO4S/c1-15-12-13-28-21(15)11-9-16(24)8-10-18-17(19(25)14-20(18)26)6-4-2-3-5-7-22(23)27/h2,4,8,10,12-13,16-20,24-26H,3,5-7,9,11,14H2,1H3,(H2,23,27)/t16?,17-,18-,19?,20?/m1/s1. The molecule has 28 heavy (non-hydrogen) atoms. The van der Waals surface area contributed by atoms with Gasteiger partial charge in [0.25, 0.3) is 0 Å². The number of aliphatic hydroxyl groups excluding tert-OH is 3. The molecule has 1 aromatic rings. The lowest BCUT2D eigenvalue weighted by molar-refractivity contribution is -0.118. The van der Waals surface area contributed by atoms with Crippen LogP contribution in [0.2, 0.25) is 0 Å². The van der Waals surface area contributed by atoms with Crippen LogP contribution in [0.4, 0.5) is 0 Å². The predicted octanol–water partition coefficient (Wildman–Crippen LogP) is 2.87. The molecule has 1 aliphatic rings. The Balaban J connectivity index is 1.82. The quantitative estimate of drug-likeness (QED) is 0.334. The number of amides is 1. The summed E-state index contributed by atoms with van der Waals surface area (Å²) in [6.07, 6.45) is 10.3. The molecule has 1 saturated carbocycles. The zero-order valence-electron chi connectivity index (χ0n) is 16.5. The van der Waals surface area contributed by atoms with E-state index in [0.29, 0.717) is 25.7 Å². The van der Waals surface area contributed by atoms with Crippen LogP contribution in [-0.2, 0) is 11.2 Å². The molecule has 1 fully saturated rings. The van der Waals surface area contributed by atoms with Crippen molar-refractivity contribution in [2.45, 2.75) is 70.2 Å². The van der Waals surface area contributed by atoms with Crippen LogP contribution in [0.15, 0.2) is 35.8 Å². The highest BCUT2D eigenvalue weighted by Gasteiger charge is 2.39. The zero-order chi connectivity index (χ0) is 20.5. The van der Waals surface area contributed by atoms with Crippen molar-refractivity contribution >= 4 is 17.2 Å². The van der Waals surface area contributed by atoms with Crippen LogP contribution >= 0.6 is 11.3 Å². The van der Waals surface area contributed by atoms with Gasteiger partial charge in [-0.05, 0) is 62.0 Å². The third kappa shape index (κ3) is 7.17. The van der Waals surface area contributed by atoms with E-state index < -0.39 is 18.3 Å². The van der Waals surface area contributed by atoms with Crippen LogP contribution in [0.3, 0.4) is 0 Å². The first-order chi connectivity index (χ1) is 13.4. The summed E-state index contributed by atoms with van der Waals surface area (Å²) in [5, 5.41) is 32.9. The maximum absolute atomic E-state index is 10.7. The van der Waals surface area contributed by atoms with E-state index in [2.05, 4.69) is 18.4 Å². The lowest BCUT2D eigenvalue weighted by atomic mass is 9.89. The number of rotatable bonds is 11. The second-order valence-corrected chi connectivity index (χ2v) is 8.70. The Hall–Kier alpha value is -1.47. The fourth-order valence-electron chi connectivity index (χ4n) is 3.76. The largest absolute Gasteiger partial charge is 0.393 e. The molecule has 1 aromatic heterocycles. The summed E-state index contributed by atoms with van der Waals surface area (Å²) < 4.78 is 0. The van der Waals surface area contributed by atoms with Crippen LogP contribution in [0, 0.1) is 18.8 Å². The zero-order valence-corrected chi connectivity index (χ0v) is 17.4. The van der Waals surface area contributed by atoms with E-state index in [1.54, 1.807) is 17.4 Å². The van der Waals surface area contributed by atoms with E-state index in [-0.39, 0.29) is 17.7 Å². The molecule has 0 aliphatic heterocycles. The molecule has 3 unspecified atom stereocenters. The molecule has 1 amide bonds. The second-order valence-electron chi connectivity index (χ2n) is 7.69. The molecule has 1 aliphatic carbocycles. The summed E-state index contributed by atoms with van der Waals surface area (Å²) in [6, 6.07) is 2.09. The van der Waals surface area contributed by atoms with Gasteiger partial charge in [-0.1, -0.05) is 24.3 Å². The van der Waals surface area contributed by atoms with Crippen LogP contribution in [0.1, 0.15) is 49.0 Å². The smallest absolute Gasteiger partial charge is 0.217 e. The van der Waals surface area contributed by atoms with Gasteiger partial charge in [-0.2, -0.15) is 0 Å². The van der Waals surface area contributed by atoms with E-state index in [1.807, 2.05) is 18.2 Å². The minimum atomic E-state index is -0.591. The van der Waals surface area contributed by atoms with Gasteiger partial charge in [-0.25, -0.2) is 0 Å². The number of aryl methyl sites for hydroxylation is 2. The number of hydrogen-bond acceptors (Lipinski definition) is 5. The first-order valence-electron chi connectivity index (χ1n) is 10.1. The number of primary amides is 1. The summed E-state index contributed by atoms with van der Waals surface area (Å²) in [6.45, 7) is 2.08. The molecule has 5 nitrogen and oxygen atoms in total. The van der Waals surface area contributed by atoms with E-state index in [1.165, 1.54) is 10.4 Å². The molecule has 5 atom stereocenters. The van der Waals surface area contributed by atoms with Crippen molar-refractivity contribution in [3.05, 3.63) is 46.2 Å². The Kier molecular flexibility index (Phi) is 9.38. The number of carbonyl (C=O) groups is 1. The van der Waals surface area contributed by atoms with Crippen LogP contribution in [-0.4, -0.2) is 39.5 Å². The third-order valence-corrected chi connectivity index (χ3v) is 6.56. The van der Waals surface area contributed by atoms with Gasteiger partial charge in [-0.3, -0.25) is 4.79 Å². The highest BCUT2D eigenvalue weighted by atomic mass is 32.1. The van der Waals surface area contributed by atoms with E-state index in [9.17, 15) is 20.1 Å². The Bertz CT molecular complexity index is 669. The molecule has 0 spiro atoms. The number of nitrogens with two attached hydrogens (primary N) is 1. The fraction of sp³-hybridized carbons (Fsp3) is 0.591. The summed E-state index contributed by atoms with van der Waals surface area (Å²) in [7, 11) is 0. The second kappa shape index (κ2) is 11.5. The third-order valence-electron chi connectivity index (χ3n) is 5.48. The number of thiophene rings is 1. The van der Waals surface area contributed by atoms with E-state index >= 15 is 0 Å². The molecule has 0 bridgehead atoms. The topological polar surface area (TPSA) is 104 Å².